The van der Waals surface area contributed by atoms with Crippen LogP contribution in [0.3, 0.4) is 0 Å². The summed E-state index contributed by atoms with van der Waals surface area (Å²) < 4.78 is 2.48. The molecule has 2 bridgehead atoms. The van der Waals surface area contributed by atoms with Crippen LogP contribution in [0.1, 0.15) is 68.9 Å². The van der Waals surface area contributed by atoms with Gasteiger partial charge in [0.05, 0.1) is 23.0 Å². The lowest BCUT2D eigenvalue weighted by atomic mass is 9.94. The first-order chi connectivity index (χ1) is 18.5. The van der Waals surface area contributed by atoms with Crippen molar-refractivity contribution in [2.75, 3.05) is 19.6 Å². The van der Waals surface area contributed by atoms with Crippen LogP contribution in [0.2, 0.25) is 0 Å². The zero-order valence-electron chi connectivity index (χ0n) is 22.6. The number of benzene rings is 2. The first kappa shape index (κ1) is 25.1. The van der Waals surface area contributed by atoms with Gasteiger partial charge in [-0.1, -0.05) is 49.4 Å². The molecule has 2 aromatic carbocycles. The zero-order chi connectivity index (χ0) is 26.2. The van der Waals surface area contributed by atoms with Crippen LogP contribution in [0.5, 0.6) is 0 Å². The first-order valence-electron chi connectivity index (χ1n) is 14.3. The predicted molar refractivity (Wildman–Crippen MR) is 149 cm³/mol. The fourth-order valence-corrected chi connectivity index (χ4v) is 7.09. The Labute approximate surface area is 225 Å². The highest BCUT2D eigenvalue weighted by Gasteiger charge is 2.42. The van der Waals surface area contributed by atoms with Crippen molar-refractivity contribution in [3.05, 3.63) is 66.0 Å². The van der Waals surface area contributed by atoms with Crippen molar-refractivity contribution in [1.29, 1.82) is 0 Å². The van der Waals surface area contributed by atoms with Crippen LogP contribution in [0.4, 0.5) is 0 Å². The molecule has 0 radical (unpaired) electrons. The Kier molecular flexibility index (Phi) is 6.95. The Bertz CT molecular complexity index is 1280. The predicted octanol–water partition coefficient (Wildman–Crippen LogP) is 4.63. The molecule has 1 N–H and O–H groups in total. The highest BCUT2D eigenvalue weighted by Crippen LogP contribution is 2.42. The lowest BCUT2D eigenvalue weighted by Gasteiger charge is -2.41. The number of nitrogens with one attached hydrogen (secondary N) is 1. The second kappa shape index (κ2) is 10.5. The van der Waals surface area contributed by atoms with Crippen LogP contribution in [0.15, 0.2) is 54.6 Å². The number of likely N-dealkylation sites (tertiary alicyclic amines) is 1. The molecule has 3 aliphatic heterocycles. The van der Waals surface area contributed by atoms with Crippen LogP contribution >= 0.6 is 0 Å². The van der Waals surface area contributed by atoms with Gasteiger partial charge in [0.15, 0.2) is 0 Å². The van der Waals surface area contributed by atoms with Crippen LogP contribution in [0, 0.1) is 12.8 Å². The summed E-state index contributed by atoms with van der Waals surface area (Å²) in [7, 11) is 0. The molecule has 6 rings (SSSR count). The monoisotopic (exact) mass is 513 g/mol. The number of rotatable bonds is 8. The van der Waals surface area contributed by atoms with E-state index in [1.165, 1.54) is 18.4 Å². The van der Waals surface area contributed by atoms with E-state index in [9.17, 15) is 9.59 Å². The van der Waals surface area contributed by atoms with E-state index >= 15 is 0 Å². The number of nitrogens with zero attached hydrogens (tertiary/aromatic N) is 4. The Morgan fingerprint density at radius 1 is 0.974 bits per heavy atom. The van der Waals surface area contributed by atoms with Crippen LogP contribution in [0.25, 0.3) is 11.0 Å². The molecule has 200 valence electrons. The number of imidazole rings is 1. The molecule has 3 aliphatic rings. The van der Waals surface area contributed by atoms with Gasteiger partial charge in [0, 0.05) is 44.2 Å². The third-order valence-corrected chi connectivity index (χ3v) is 9.10. The van der Waals surface area contributed by atoms with Gasteiger partial charge in [0.25, 0.3) is 0 Å². The number of para-hydroxylation sites is 2. The fraction of sp³-hybridized carbons (Fsp3) is 0.516. The van der Waals surface area contributed by atoms with E-state index in [0.29, 0.717) is 37.6 Å². The minimum atomic E-state index is -0.100. The Morgan fingerprint density at radius 3 is 2.37 bits per heavy atom. The van der Waals surface area contributed by atoms with Gasteiger partial charge in [-0.25, -0.2) is 4.98 Å². The fourth-order valence-electron chi connectivity index (χ4n) is 7.09. The van der Waals surface area contributed by atoms with E-state index in [-0.39, 0.29) is 23.8 Å². The smallest absolute Gasteiger partial charge is 0.227 e. The number of hydrogen-bond donors (Lipinski definition) is 1. The highest BCUT2D eigenvalue weighted by atomic mass is 16.2. The Balaban J connectivity index is 1.11. The normalized spacial score (nSPS) is 24.4. The van der Waals surface area contributed by atoms with E-state index in [0.717, 1.165) is 42.7 Å². The summed E-state index contributed by atoms with van der Waals surface area (Å²) in [5, 5.41) is 3.35. The lowest BCUT2D eigenvalue weighted by molar-refractivity contribution is -0.143. The molecule has 7 nitrogen and oxygen atoms in total. The maximum Gasteiger partial charge on any atom is 0.227 e. The average Bonchev–Trinajstić information content (AvgIpc) is 3.36. The second-order valence-corrected chi connectivity index (χ2v) is 11.4. The van der Waals surface area contributed by atoms with E-state index in [2.05, 4.69) is 58.1 Å². The largest absolute Gasteiger partial charge is 0.349 e. The van der Waals surface area contributed by atoms with Gasteiger partial charge in [-0.05, 0) is 56.7 Å². The van der Waals surface area contributed by atoms with Crippen LogP contribution in [-0.4, -0.2) is 62.9 Å². The zero-order valence-corrected chi connectivity index (χ0v) is 22.6. The number of carbonyl (C=O) groups is 2. The number of carbonyl (C=O) groups excluding carboxylic acids is 2. The Morgan fingerprint density at radius 2 is 1.66 bits per heavy atom. The molecular formula is C31H39N5O2. The van der Waals surface area contributed by atoms with Gasteiger partial charge in [-0.15, -0.1) is 0 Å². The molecule has 38 heavy (non-hydrogen) atoms. The van der Waals surface area contributed by atoms with E-state index in [1.807, 2.05) is 25.1 Å². The molecule has 3 aromatic rings. The van der Waals surface area contributed by atoms with Crippen molar-refractivity contribution in [1.82, 2.24) is 24.7 Å². The first-order valence-corrected chi connectivity index (χ1v) is 14.3. The lowest BCUT2D eigenvalue weighted by Crippen LogP contribution is -2.56. The van der Waals surface area contributed by atoms with E-state index in [1.54, 1.807) is 4.90 Å². The minimum Gasteiger partial charge on any atom is -0.349 e. The molecular weight excluding hydrogens is 474 g/mol. The van der Waals surface area contributed by atoms with Crippen molar-refractivity contribution in [3.8, 4) is 0 Å². The standard InChI is InChI=1S/C31H39N5O2/c1-3-30(37)34-19-23(20-34)31(38)33-27(22-9-5-4-6-10-22)15-16-35-24-13-14-25(35)18-26(17-24)36-21(2)32-28-11-7-8-12-29(28)36/h4-12,23-27H,3,13-20H2,1-2H3,(H,33,38)/t24-,25+,26+,27-/m0/s1. The molecule has 0 saturated carbocycles. The number of aryl methyl sites for hydroxylation is 1. The number of amides is 2. The molecule has 2 amide bonds. The third kappa shape index (κ3) is 4.73. The molecule has 4 heterocycles. The van der Waals surface area contributed by atoms with Crippen LogP contribution in [-0.2, 0) is 9.59 Å². The number of piperidine rings is 1. The molecule has 7 heteroatoms. The second-order valence-electron chi connectivity index (χ2n) is 11.4. The van der Waals surface area contributed by atoms with Gasteiger partial charge in [-0.2, -0.15) is 0 Å². The van der Waals surface area contributed by atoms with Crippen molar-refractivity contribution in [2.45, 2.75) is 76.5 Å². The highest BCUT2D eigenvalue weighted by molar-refractivity contribution is 5.84. The van der Waals surface area contributed by atoms with Crippen molar-refractivity contribution < 1.29 is 9.59 Å². The maximum atomic E-state index is 13.1. The van der Waals surface area contributed by atoms with Gasteiger partial charge in [-0.3, -0.25) is 14.5 Å². The number of hydrogen-bond acceptors (Lipinski definition) is 4. The van der Waals surface area contributed by atoms with Gasteiger partial charge in [0.1, 0.15) is 5.82 Å². The van der Waals surface area contributed by atoms with Crippen molar-refractivity contribution >= 4 is 22.8 Å². The van der Waals surface area contributed by atoms with E-state index < -0.39 is 0 Å². The summed E-state index contributed by atoms with van der Waals surface area (Å²) in [4.78, 5) is 34.4. The van der Waals surface area contributed by atoms with Gasteiger partial charge < -0.3 is 14.8 Å². The summed E-state index contributed by atoms with van der Waals surface area (Å²) in [6.07, 6.45) is 6.20. The molecule has 0 aliphatic carbocycles. The van der Waals surface area contributed by atoms with Gasteiger partial charge >= 0.3 is 0 Å². The molecule has 4 atom stereocenters. The summed E-state index contributed by atoms with van der Waals surface area (Å²) in [6.45, 7) is 6.08. The summed E-state index contributed by atoms with van der Waals surface area (Å²) >= 11 is 0. The molecule has 0 unspecified atom stereocenters. The quantitative estimate of drug-likeness (QED) is 0.477. The van der Waals surface area contributed by atoms with Crippen LogP contribution < -0.4 is 5.32 Å². The molecule has 3 saturated heterocycles. The summed E-state index contributed by atoms with van der Waals surface area (Å²) in [5.41, 5.74) is 3.50. The van der Waals surface area contributed by atoms with E-state index in [4.69, 9.17) is 4.98 Å². The SMILES string of the molecule is CCC(=O)N1CC(C(=O)N[C@@H](CCN2[C@@H]3CC[C@H]2C[C@@H](n2c(C)nc4ccccc42)C3)c2ccccc2)C1. The molecule has 3 fully saturated rings. The maximum absolute atomic E-state index is 13.1. The number of aromatic nitrogens is 2. The minimum absolute atomic E-state index is 0.0170. The van der Waals surface area contributed by atoms with Crippen molar-refractivity contribution in [2.24, 2.45) is 5.92 Å². The Hall–Kier alpha value is -3.19. The average molecular weight is 514 g/mol. The van der Waals surface area contributed by atoms with Crippen molar-refractivity contribution in [3.63, 3.8) is 0 Å². The molecule has 0 spiro atoms. The summed E-state index contributed by atoms with van der Waals surface area (Å²) in [6, 6.07) is 20.5. The summed E-state index contributed by atoms with van der Waals surface area (Å²) in [5.74, 6) is 1.22. The third-order valence-electron chi connectivity index (χ3n) is 9.10. The topological polar surface area (TPSA) is 70.5 Å². The molecule has 1 aromatic heterocycles. The number of fused-ring (bicyclic) bond motifs is 3. The van der Waals surface area contributed by atoms with Gasteiger partial charge in [0.2, 0.25) is 11.8 Å².